The molecule has 1 amide bonds. The minimum Gasteiger partial charge on any atom is -0.391 e. The molecule has 0 saturated heterocycles. The average Bonchev–Trinajstić information content (AvgIpc) is 3.17. The third kappa shape index (κ3) is 4.63. The number of hydrogen-bond donors (Lipinski definition) is 2. The maximum absolute atomic E-state index is 12.5. The van der Waals surface area contributed by atoms with Crippen LogP contribution in [0.2, 0.25) is 0 Å². The van der Waals surface area contributed by atoms with Gasteiger partial charge in [0.15, 0.2) is 0 Å². The smallest absolute Gasteiger partial charge is 0.270 e. The van der Waals surface area contributed by atoms with Gasteiger partial charge in [0.05, 0.1) is 12.1 Å². The van der Waals surface area contributed by atoms with Crippen molar-refractivity contribution in [1.29, 1.82) is 0 Å². The van der Waals surface area contributed by atoms with Gasteiger partial charge in [-0.15, -0.1) is 0 Å². The van der Waals surface area contributed by atoms with E-state index < -0.39 is 6.10 Å². The van der Waals surface area contributed by atoms with Gasteiger partial charge in [0, 0.05) is 18.5 Å². The standard InChI is InChI=1S/C20H25N3O2/c1-14(18(24)13-15-7-3-2-4-8-15)22-20(25)17-11-12-21-19(23-17)16-9-5-6-10-16/h2-4,7-8,11-12,14,16,18,24H,5-6,9-10,13H2,1H3,(H,22,25). The fourth-order valence-corrected chi connectivity index (χ4v) is 3.29. The van der Waals surface area contributed by atoms with Gasteiger partial charge in [-0.1, -0.05) is 43.2 Å². The second-order valence-corrected chi connectivity index (χ2v) is 6.80. The Morgan fingerprint density at radius 2 is 1.96 bits per heavy atom. The van der Waals surface area contributed by atoms with Crippen molar-refractivity contribution >= 4 is 5.91 Å². The molecule has 2 unspecified atom stereocenters. The summed E-state index contributed by atoms with van der Waals surface area (Å²) in [5.74, 6) is 0.873. The Kier molecular flexibility index (Phi) is 5.76. The highest BCUT2D eigenvalue weighted by molar-refractivity contribution is 5.92. The molecular weight excluding hydrogens is 314 g/mol. The van der Waals surface area contributed by atoms with Crippen molar-refractivity contribution in [3.8, 4) is 0 Å². The van der Waals surface area contributed by atoms with Gasteiger partial charge in [-0.3, -0.25) is 4.79 Å². The number of carbonyl (C=O) groups excluding carboxylic acids is 1. The highest BCUT2D eigenvalue weighted by Gasteiger charge is 2.22. The van der Waals surface area contributed by atoms with Crippen LogP contribution < -0.4 is 5.32 Å². The summed E-state index contributed by atoms with van der Waals surface area (Å²) in [6, 6.07) is 11.0. The maximum atomic E-state index is 12.5. The summed E-state index contributed by atoms with van der Waals surface area (Å²) in [5.41, 5.74) is 1.41. The van der Waals surface area contributed by atoms with Crippen LogP contribution in [0.25, 0.3) is 0 Å². The van der Waals surface area contributed by atoms with E-state index in [9.17, 15) is 9.90 Å². The highest BCUT2D eigenvalue weighted by atomic mass is 16.3. The van der Waals surface area contributed by atoms with Gasteiger partial charge in [-0.25, -0.2) is 9.97 Å². The summed E-state index contributed by atoms with van der Waals surface area (Å²) in [6.45, 7) is 1.81. The van der Waals surface area contributed by atoms with Gasteiger partial charge in [0.2, 0.25) is 0 Å². The predicted molar refractivity (Wildman–Crippen MR) is 96.3 cm³/mol. The topological polar surface area (TPSA) is 75.1 Å². The number of rotatable bonds is 6. The predicted octanol–water partition coefficient (Wildman–Crippen LogP) is 2.86. The molecule has 1 aromatic carbocycles. The molecule has 0 bridgehead atoms. The molecule has 2 aromatic rings. The zero-order valence-electron chi connectivity index (χ0n) is 14.6. The van der Waals surface area contributed by atoms with Crippen LogP contribution in [-0.4, -0.2) is 33.1 Å². The largest absolute Gasteiger partial charge is 0.391 e. The lowest BCUT2D eigenvalue weighted by Gasteiger charge is -2.20. The molecule has 1 fully saturated rings. The molecule has 5 nitrogen and oxygen atoms in total. The van der Waals surface area contributed by atoms with Gasteiger partial charge >= 0.3 is 0 Å². The number of amides is 1. The summed E-state index contributed by atoms with van der Waals surface area (Å²) in [6.07, 6.45) is 6.09. The van der Waals surface area contributed by atoms with E-state index in [4.69, 9.17) is 0 Å². The lowest BCUT2D eigenvalue weighted by atomic mass is 10.0. The first-order valence-corrected chi connectivity index (χ1v) is 8.99. The molecule has 1 aliphatic rings. The first-order valence-electron chi connectivity index (χ1n) is 8.99. The second kappa shape index (κ2) is 8.21. The molecule has 25 heavy (non-hydrogen) atoms. The van der Waals surface area contributed by atoms with E-state index in [1.807, 2.05) is 37.3 Å². The Hall–Kier alpha value is -2.27. The first kappa shape index (κ1) is 17.5. The lowest BCUT2D eigenvalue weighted by molar-refractivity contribution is 0.0846. The molecule has 0 radical (unpaired) electrons. The average molecular weight is 339 g/mol. The molecule has 1 aliphatic carbocycles. The van der Waals surface area contributed by atoms with Crippen LogP contribution in [-0.2, 0) is 6.42 Å². The molecule has 1 heterocycles. The highest BCUT2D eigenvalue weighted by Crippen LogP contribution is 2.31. The number of carbonyl (C=O) groups is 1. The monoisotopic (exact) mass is 339 g/mol. The fourth-order valence-electron chi connectivity index (χ4n) is 3.29. The summed E-state index contributed by atoms with van der Waals surface area (Å²) >= 11 is 0. The Labute approximate surface area is 148 Å². The SMILES string of the molecule is CC(NC(=O)c1ccnc(C2CCCC2)n1)C(O)Cc1ccccc1. The van der Waals surface area contributed by atoms with E-state index in [0.717, 1.165) is 24.2 Å². The Balaban J connectivity index is 1.60. The van der Waals surface area contributed by atoms with Crippen LogP contribution in [0.4, 0.5) is 0 Å². The minimum atomic E-state index is -0.650. The van der Waals surface area contributed by atoms with E-state index in [1.165, 1.54) is 12.8 Å². The molecule has 5 heteroatoms. The quantitative estimate of drug-likeness (QED) is 0.848. The van der Waals surface area contributed by atoms with Gasteiger partial charge in [-0.2, -0.15) is 0 Å². The maximum Gasteiger partial charge on any atom is 0.270 e. The number of benzene rings is 1. The van der Waals surface area contributed by atoms with Gasteiger partial charge < -0.3 is 10.4 Å². The van der Waals surface area contributed by atoms with Crippen molar-refractivity contribution in [3.63, 3.8) is 0 Å². The Morgan fingerprint density at radius 1 is 1.24 bits per heavy atom. The van der Waals surface area contributed by atoms with Crippen molar-refractivity contribution in [3.05, 3.63) is 59.7 Å². The minimum absolute atomic E-state index is 0.263. The Bertz CT molecular complexity index is 699. The summed E-state index contributed by atoms with van der Waals surface area (Å²) < 4.78 is 0. The molecule has 3 rings (SSSR count). The van der Waals surface area contributed by atoms with E-state index in [0.29, 0.717) is 18.0 Å². The number of aliphatic hydroxyl groups is 1. The molecule has 1 saturated carbocycles. The van der Waals surface area contributed by atoms with Crippen LogP contribution >= 0.6 is 0 Å². The van der Waals surface area contributed by atoms with Crippen LogP contribution in [0.15, 0.2) is 42.6 Å². The molecule has 2 N–H and O–H groups in total. The van der Waals surface area contributed by atoms with Crippen molar-refractivity contribution in [2.24, 2.45) is 0 Å². The van der Waals surface area contributed by atoms with Crippen LogP contribution in [0, 0.1) is 0 Å². The molecule has 1 aromatic heterocycles. The third-order valence-electron chi connectivity index (χ3n) is 4.85. The second-order valence-electron chi connectivity index (χ2n) is 6.80. The molecular formula is C20H25N3O2. The van der Waals surface area contributed by atoms with Crippen molar-refractivity contribution in [2.75, 3.05) is 0 Å². The summed E-state index contributed by atoms with van der Waals surface area (Å²) in [4.78, 5) is 21.2. The lowest BCUT2D eigenvalue weighted by Crippen LogP contribution is -2.42. The van der Waals surface area contributed by atoms with Crippen LogP contribution in [0.5, 0.6) is 0 Å². The normalized spacial score (nSPS) is 17.2. The zero-order valence-corrected chi connectivity index (χ0v) is 14.6. The van der Waals surface area contributed by atoms with Gasteiger partial charge in [0.25, 0.3) is 5.91 Å². The van der Waals surface area contributed by atoms with Gasteiger partial charge in [-0.05, 0) is 31.4 Å². The molecule has 0 spiro atoms. The van der Waals surface area contributed by atoms with E-state index in [2.05, 4.69) is 15.3 Å². The van der Waals surface area contributed by atoms with Crippen molar-refractivity contribution < 1.29 is 9.90 Å². The fraction of sp³-hybridized carbons (Fsp3) is 0.450. The van der Waals surface area contributed by atoms with Gasteiger partial charge in [0.1, 0.15) is 11.5 Å². The van der Waals surface area contributed by atoms with Crippen molar-refractivity contribution in [2.45, 2.75) is 57.1 Å². The summed E-state index contributed by atoms with van der Waals surface area (Å²) in [7, 11) is 0. The third-order valence-corrected chi connectivity index (χ3v) is 4.85. The molecule has 2 atom stereocenters. The zero-order chi connectivity index (χ0) is 17.6. The van der Waals surface area contributed by atoms with E-state index in [1.54, 1.807) is 12.3 Å². The van der Waals surface area contributed by atoms with E-state index >= 15 is 0 Å². The number of nitrogens with zero attached hydrogens (tertiary/aromatic N) is 2. The van der Waals surface area contributed by atoms with Crippen molar-refractivity contribution in [1.82, 2.24) is 15.3 Å². The number of aliphatic hydroxyl groups excluding tert-OH is 1. The molecule has 0 aliphatic heterocycles. The van der Waals surface area contributed by atoms with Crippen LogP contribution in [0.1, 0.15) is 60.4 Å². The van der Waals surface area contributed by atoms with E-state index in [-0.39, 0.29) is 11.9 Å². The first-order chi connectivity index (χ1) is 12.1. The summed E-state index contributed by atoms with van der Waals surface area (Å²) in [5, 5.41) is 13.2. The Morgan fingerprint density at radius 3 is 2.68 bits per heavy atom. The number of nitrogens with one attached hydrogen (secondary N) is 1. The molecule has 132 valence electrons. The number of hydrogen-bond acceptors (Lipinski definition) is 4. The van der Waals surface area contributed by atoms with Crippen LogP contribution in [0.3, 0.4) is 0 Å². The number of aromatic nitrogens is 2.